The molecule has 0 unspecified atom stereocenters. The van der Waals surface area contributed by atoms with Crippen LogP contribution in [0.2, 0.25) is 0 Å². The van der Waals surface area contributed by atoms with Gasteiger partial charge >= 0.3 is 0 Å². The van der Waals surface area contributed by atoms with Crippen molar-refractivity contribution in [3.05, 3.63) is 12.7 Å². The van der Waals surface area contributed by atoms with Crippen LogP contribution in [0.1, 0.15) is 25.3 Å². The van der Waals surface area contributed by atoms with E-state index in [0.29, 0.717) is 25.9 Å². The maximum atomic E-state index is 10.6. The molecule has 0 bridgehead atoms. The summed E-state index contributed by atoms with van der Waals surface area (Å²) in [5.41, 5.74) is 13.1. The quantitative estimate of drug-likeness (QED) is 0.0734. The van der Waals surface area contributed by atoms with E-state index in [1.807, 2.05) is 0 Å². The number of ether oxygens (including phenoxy) is 2. The van der Waals surface area contributed by atoms with Gasteiger partial charge in [-0.15, -0.1) is 0 Å². The van der Waals surface area contributed by atoms with E-state index < -0.39 is 62.3 Å². The summed E-state index contributed by atoms with van der Waals surface area (Å²) >= 11 is 0. The zero-order valence-corrected chi connectivity index (χ0v) is 23.2. The molecular weight excluding hydrogens is 584 g/mol. The predicted molar refractivity (Wildman–Crippen MR) is 152 cm³/mol. The van der Waals surface area contributed by atoms with Crippen molar-refractivity contribution >= 4 is 45.9 Å². The SMILES string of the molecule is Nc1ncnc2c1nc(NCCCCNc1nc3c(N)ncnc3n1[C@@H]1O[C@H](CO)[C@H](O)[C@@H]1O)n2[C@@H]1O[C@H](CO)[C@H](O)[C@@H]1O. The third-order valence-corrected chi connectivity index (χ3v) is 7.72. The number of anilines is 4. The van der Waals surface area contributed by atoms with E-state index in [9.17, 15) is 30.6 Å². The number of nitrogens with zero attached hydrogens (tertiary/aromatic N) is 8. The number of nitrogens with two attached hydrogens (primary N) is 2. The Labute approximate surface area is 248 Å². The summed E-state index contributed by atoms with van der Waals surface area (Å²) in [4.78, 5) is 25.4. The first-order valence-electron chi connectivity index (χ1n) is 13.9. The minimum absolute atomic E-state index is 0.121. The van der Waals surface area contributed by atoms with Crippen molar-refractivity contribution in [3.63, 3.8) is 0 Å². The average Bonchev–Trinajstić information content (AvgIpc) is 3.73. The summed E-state index contributed by atoms with van der Waals surface area (Å²) in [6, 6.07) is 0. The molecular formula is C24H34N12O8. The molecule has 2 saturated heterocycles. The van der Waals surface area contributed by atoms with Crippen LogP contribution in [0.25, 0.3) is 22.3 Å². The molecule has 238 valence electrons. The molecule has 20 heteroatoms. The molecule has 0 aliphatic carbocycles. The number of fused-ring (bicyclic) bond motifs is 2. The Kier molecular flexibility index (Phi) is 8.30. The highest BCUT2D eigenvalue weighted by Gasteiger charge is 2.46. The molecule has 6 heterocycles. The van der Waals surface area contributed by atoms with E-state index in [1.54, 1.807) is 0 Å². The van der Waals surface area contributed by atoms with Gasteiger partial charge in [0.2, 0.25) is 11.9 Å². The van der Waals surface area contributed by atoms with Crippen molar-refractivity contribution in [1.29, 1.82) is 0 Å². The van der Waals surface area contributed by atoms with Gasteiger partial charge in [0.25, 0.3) is 0 Å². The Morgan fingerprint density at radius 3 is 1.43 bits per heavy atom. The van der Waals surface area contributed by atoms with Crippen LogP contribution in [0.3, 0.4) is 0 Å². The van der Waals surface area contributed by atoms with Crippen molar-refractivity contribution in [2.75, 3.05) is 48.4 Å². The second kappa shape index (κ2) is 12.2. The van der Waals surface area contributed by atoms with E-state index in [4.69, 9.17) is 20.9 Å². The molecule has 0 radical (unpaired) electrons. The molecule has 0 amide bonds. The fourth-order valence-electron chi connectivity index (χ4n) is 5.42. The maximum Gasteiger partial charge on any atom is 0.207 e. The standard InChI is InChI=1S/C24H34N12O8/c25-17-11-19(31-7-29-17)35(21-15(41)13(39)9(5-37)43-21)23(33-11)27-3-1-2-4-28-24-34-12-18(26)30-8-32-20(12)36(24)22-16(42)14(40)10(6-38)44-22/h7-10,13-16,21-22,37-42H,1-6H2,(H,27,33)(H,28,34)(H2,25,29,31)(H2,26,30,32)/t9-,10-,13+,14+,15+,16+,21-,22-/m1/s1. The number of aliphatic hydroxyl groups excluding tert-OH is 6. The Morgan fingerprint density at radius 1 is 0.659 bits per heavy atom. The van der Waals surface area contributed by atoms with Gasteiger partial charge in [-0.2, -0.15) is 0 Å². The Hall–Kier alpha value is -4.02. The lowest BCUT2D eigenvalue weighted by atomic mass is 10.1. The van der Waals surface area contributed by atoms with Crippen molar-refractivity contribution in [1.82, 2.24) is 39.0 Å². The number of nitrogen functional groups attached to an aromatic ring is 2. The smallest absolute Gasteiger partial charge is 0.207 e. The van der Waals surface area contributed by atoms with Gasteiger partial charge in [-0.3, -0.25) is 9.13 Å². The summed E-state index contributed by atoms with van der Waals surface area (Å²) in [6.45, 7) is -0.154. The molecule has 2 aliphatic heterocycles. The fourth-order valence-corrected chi connectivity index (χ4v) is 5.42. The molecule has 2 aliphatic rings. The summed E-state index contributed by atoms with van der Waals surface area (Å²) in [5.74, 6) is 0.788. The van der Waals surface area contributed by atoms with Gasteiger partial charge in [-0.25, -0.2) is 29.9 Å². The van der Waals surface area contributed by atoms with Crippen molar-refractivity contribution in [2.45, 2.75) is 61.9 Å². The highest BCUT2D eigenvalue weighted by atomic mass is 16.6. The number of hydrogen-bond acceptors (Lipinski definition) is 18. The monoisotopic (exact) mass is 618 g/mol. The van der Waals surface area contributed by atoms with Gasteiger partial charge in [0, 0.05) is 13.1 Å². The number of imidazole rings is 2. The lowest BCUT2D eigenvalue weighted by Gasteiger charge is -2.20. The number of rotatable bonds is 11. The number of unbranched alkanes of at least 4 members (excludes halogenated alkanes) is 1. The lowest BCUT2D eigenvalue weighted by molar-refractivity contribution is -0.0501. The molecule has 0 aromatic carbocycles. The molecule has 6 rings (SSSR count). The second-order valence-corrected chi connectivity index (χ2v) is 10.5. The summed E-state index contributed by atoms with van der Waals surface area (Å²) in [6.07, 6.45) is -5.81. The average molecular weight is 619 g/mol. The van der Waals surface area contributed by atoms with Gasteiger partial charge in [0.1, 0.15) is 49.3 Å². The van der Waals surface area contributed by atoms with Crippen molar-refractivity contribution in [3.8, 4) is 0 Å². The molecule has 12 N–H and O–H groups in total. The van der Waals surface area contributed by atoms with E-state index in [1.165, 1.54) is 21.8 Å². The van der Waals surface area contributed by atoms with Crippen LogP contribution in [-0.2, 0) is 9.47 Å². The Morgan fingerprint density at radius 2 is 1.07 bits per heavy atom. The van der Waals surface area contributed by atoms with Gasteiger partial charge in [-0.05, 0) is 12.8 Å². The molecule has 44 heavy (non-hydrogen) atoms. The molecule has 2 fully saturated rings. The molecule has 4 aromatic heterocycles. The third-order valence-electron chi connectivity index (χ3n) is 7.72. The number of nitrogens with one attached hydrogen (secondary N) is 2. The zero-order chi connectivity index (χ0) is 31.1. The van der Waals surface area contributed by atoms with Gasteiger partial charge < -0.3 is 62.2 Å². The minimum atomic E-state index is -1.36. The summed E-state index contributed by atoms with van der Waals surface area (Å²) < 4.78 is 14.4. The van der Waals surface area contributed by atoms with E-state index in [2.05, 4.69) is 40.5 Å². The summed E-state index contributed by atoms with van der Waals surface area (Å²) in [5, 5.41) is 67.3. The van der Waals surface area contributed by atoms with Crippen LogP contribution >= 0.6 is 0 Å². The minimum Gasteiger partial charge on any atom is -0.394 e. The maximum absolute atomic E-state index is 10.6. The second-order valence-electron chi connectivity index (χ2n) is 10.5. The first-order chi connectivity index (χ1) is 21.2. The molecule has 8 atom stereocenters. The van der Waals surface area contributed by atoms with E-state index >= 15 is 0 Å². The van der Waals surface area contributed by atoms with Crippen LogP contribution in [0.15, 0.2) is 12.7 Å². The van der Waals surface area contributed by atoms with E-state index in [0.717, 1.165) is 0 Å². The number of hydrogen-bond donors (Lipinski definition) is 10. The summed E-state index contributed by atoms with van der Waals surface area (Å²) in [7, 11) is 0. The molecule has 0 saturated carbocycles. The van der Waals surface area contributed by atoms with E-state index in [-0.39, 0.29) is 45.9 Å². The Bertz CT molecular complexity index is 1500. The normalized spacial score (nSPS) is 28.8. The van der Waals surface area contributed by atoms with Gasteiger partial charge in [0.15, 0.2) is 46.4 Å². The molecule has 0 spiro atoms. The van der Waals surface area contributed by atoms with Crippen LogP contribution in [0, 0.1) is 0 Å². The number of aliphatic hydroxyl groups is 6. The fraction of sp³-hybridized carbons (Fsp3) is 0.583. The van der Waals surface area contributed by atoms with Crippen molar-refractivity contribution in [2.24, 2.45) is 0 Å². The first kappa shape index (κ1) is 30.0. The van der Waals surface area contributed by atoms with Crippen molar-refractivity contribution < 1.29 is 40.1 Å². The van der Waals surface area contributed by atoms with Crippen LogP contribution in [0.4, 0.5) is 23.5 Å². The predicted octanol–water partition coefficient (Wildman–Crippen LogP) is -3.34. The third kappa shape index (κ3) is 5.09. The zero-order valence-electron chi connectivity index (χ0n) is 23.2. The highest BCUT2D eigenvalue weighted by Crippen LogP contribution is 2.36. The molecule has 4 aromatic rings. The number of aromatic nitrogens is 8. The van der Waals surface area contributed by atoms with Crippen LogP contribution in [0.5, 0.6) is 0 Å². The highest BCUT2D eigenvalue weighted by molar-refractivity contribution is 5.84. The molecule has 20 nitrogen and oxygen atoms in total. The van der Waals surface area contributed by atoms with Gasteiger partial charge in [-0.1, -0.05) is 0 Å². The topological polar surface area (TPSA) is 303 Å². The van der Waals surface area contributed by atoms with Gasteiger partial charge in [0.05, 0.1) is 13.2 Å². The largest absolute Gasteiger partial charge is 0.394 e. The van der Waals surface area contributed by atoms with Crippen LogP contribution in [-0.4, -0.2) is 133 Å². The van der Waals surface area contributed by atoms with Crippen LogP contribution < -0.4 is 22.1 Å². The lowest BCUT2D eigenvalue weighted by Crippen LogP contribution is -2.33. The first-order valence-corrected chi connectivity index (χ1v) is 13.9. The Balaban J connectivity index is 1.14.